The van der Waals surface area contributed by atoms with Gasteiger partial charge in [-0.3, -0.25) is 4.79 Å². The lowest BCUT2D eigenvalue weighted by Crippen LogP contribution is -2.61. The molecule has 2 aliphatic rings. The minimum Gasteiger partial charge on any atom is -0.508 e. The third-order valence-corrected chi connectivity index (χ3v) is 7.14. The van der Waals surface area contributed by atoms with Crippen molar-refractivity contribution in [3.05, 3.63) is 40.6 Å². The van der Waals surface area contributed by atoms with Crippen molar-refractivity contribution in [1.29, 1.82) is 0 Å². The van der Waals surface area contributed by atoms with Crippen LogP contribution in [0.1, 0.15) is 0 Å². The van der Waals surface area contributed by atoms with Gasteiger partial charge in [-0.2, -0.15) is 0 Å². The number of benzene rings is 2. The predicted molar refractivity (Wildman–Crippen MR) is 140 cm³/mol. The van der Waals surface area contributed by atoms with Gasteiger partial charge in [0.05, 0.1) is 20.3 Å². The average molecular weight is 611 g/mol. The van der Waals surface area contributed by atoms with Gasteiger partial charge in [0.25, 0.3) is 0 Å². The topological polar surface area (TPSA) is 258 Å². The highest BCUT2D eigenvalue weighted by Crippen LogP contribution is 2.39. The number of hydrogen-bond acceptors (Lipinski definition) is 16. The van der Waals surface area contributed by atoms with Crippen LogP contribution in [0.4, 0.5) is 0 Å². The zero-order chi connectivity index (χ0) is 31.2. The zero-order valence-electron chi connectivity index (χ0n) is 22.4. The predicted octanol–water partition coefficient (Wildman–Crippen LogP) is -1.77. The SMILES string of the molecule is COc1cc(-c2oc3cc(O)cc(O)c3c(=O)c2O[C@@H]2O[C@H](CO[C@@H]3OC[C@H](O)[C@@H](O)[C@H]3O)[C@@H](O)[C@H](O)[C@H]2O)ccc1O. The summed E-state index contributed by atoms with van der Waals surface area (Å²) in [7, 11) is 1.28. The van der Waals surface area contributed by atoms with Crippen LogP contribution < -0.4 is 14.9 Å². The van der Waals surface area contributed by atoms with E-state index in [1.165, 1.54) is 25.3 Å². The fourth-order valence-corrected chi connectivity index (χ4v) is 4.77. The Kier molecular flexibility index (Phi) is 8.66. The van der Waals surface area contributed by atoms with Gasteiger partial charge >= 0.3 is 0 Å². The molecule has 0 unspecified atom stereocenters. The van der Waals surface area contributed by atoms with Crippen LogP contribution in [-0.2, 0) is 14.2 Å². The number of fused-ring (bicyclic) bond motifs is 1. The summed E-state index contributed by atoms with van der Waals surface area (Å²) >= 11 is 0. The average Bonchev–Trinajstić information content (AvgIpc) is 2.97. The van der Waals surface area contributed by atoms with Gasteiger partial charge in [0.15, 0.2) is 23.5 Å². The van der Waals surface area contributed by atoms with Gasteiger partial charge in [0.2, 0.25) is 17.5 Å². The molecule has 2 aromatic carbocycles. The molecule has 0 aliphatic carbocycles. The molecule has 0 amide bonds. The van der Waals surface area contributed by atoms with Crippen molar-refractivity contribution in [3.8, 4) is 40.1 Å². The number of hydrogen-bond donors (Lipinski definition) is 9. The Labute approximate surface area is 241 Å². The van der Waals surface area contributed by atoms with Gasteiger partial charge in [-0.15, -0.1) is 0 Å². The van der Waals surface area contributed by atoms with Crippen LogP contribution in [0.5, 0.6) is 28.7 Å². The van der Waals surface area contributed by atoms with E-state index < -0.39 is 90.0 Å². The summed E-state index contributed by atoms with van der Waals surface area (Å²) in [6.07, 6.45) is -14.9. The van der Waals surface area contributed by atoms with Gasteiger partial charge < -0.3 is 74.1 Å². The van der Waals surface area contributed by atoms with Crippen LogP contribution in [0.3, 0.4) is 0 Å². The van der Waals surface area contributed by atoms with Crippen LogP contribution in [0.15, 0.2) is 39.5 Å². The lowest BCUT2D eigenvalue weighted by molar-refractivity contribution is -0.307. The Bertz CT molecular complexity index is 1520. The number of aliphatic hydroxyl groups excluding tert-OH is 6. The van der Waals surface area contributed by atoms with Crippen molar-refractivity contribution in [2.75, 3.05) is 20.3 Å². The first kappa shape index (κ1) is 30.7. The number of rotatable bonds is 7. The van der Waals surface area contributed by atoms with Crippen LogP contribution >= 0.6 is 0 Å². The van der Waals surface area contributed by atoms with E-state index in [1.807, 2.05) is 0 Å². The maximum absolute atomic E-state index is 13.6. The molecule has 9 atom stereocenters. The summed E-state index contributed by atoms with van der Waals surface area (Å²) < 4.78 is 32.9. The van der Waals surface area contributed by atoms with E-state index in [0.717, 1.165) is 12.1 Å². The van der Waals surface area contributed by atoms with Crippen LogP contribution in [-0.4, -0.2) is 122 Å². The molecule has 2 saturated heterocycles. The number of methoxy groups -OCH3 is 1. The quantitative estimate of drug-likeness (QED) is 0.143. The molecule has 16 heteroatoms. The van der Waals surface area contributed by atoms with E-state index in [1.54, 1.807) is 0 Å². The molecule has 5 rings (SSSR count). The summed E-state index contributed by atoms with van der Waals surface area (Å²) in [4.78, 5) is 13.6. The summed E-state index contributed by atoms with van der Waals surface area (Å²) in [6, 6.07) is 5.83. The van der Waals surface area contributed by atoms with Crippen molar-refractivity contribution < 1.29 is 74.1 Å². The fraction of sp³-hybridized carbons (Fsp3) is 0.444. The first-order valence-electron chi connectivity index (χ1n) is 12.9. The standard InChI is InChI=1S/C27H30O16/c1-38-14-4-9(2-3-11(14)29)24-25(20(34)17-12(30)5-10(28)6-15(17)41-24)43-27-23(37)21(35)19(33)16(42-27)8-40-26-22(36)18(32)13(31)7-39-26/h2-6,13,16,18-19,21-23,26-33,35-37H,7-8H2,1H3/t13-,16+,18+,19+,21-,22+,23+,26-,27-/m0/s1. The van der Waals surface area contributed by atoms with Crippen molar-refractivity contribution >= 4 is 11.0 Å². The fourth-order valence-electron chi connectivity index (χ4n) is 4.77. The molecule has 1 aromatic heterocycles. The van der Waals surface area contributed by atoms with E-state index in [0.29, 0.717) is 0 Å². The Morgan fingerprint density at radius 3 is 2.30 bits per heavy atom. The Hall–Kier alpha value is -3.71. The van der Waals surface area contributed by atoms with E-state index in [9.17, 15) is 50.8 Å². The first-order chi connectivity index (χ1) is 20.4. The number of ether oxygens (including phenoxy) is 5. The van der Waals surface area contributed by atoms with Crippen molar-refractivity contribution in [2.45, 2.75) is 55.3 Å². The van der Waals surface area contributed by atoms with Crippen molar-refractivity contribution in [1.82, 2.24) is 0 Å². The molecule has 2 fully saturated rings. The minimum atomic E-state index is -1.94. The lowest BCUT2D eigenvalue weighted by Gasteiger charge is -2.41. The molecule has 234 valence electrons. The highest BCUT2D eigenvalue weighted by atomic mass is 16.7. The maximum Gasteiger partial charge on any atom is 0.239 e. The Morgan fingerprint density at radius 1 is 0.860 bits per heavy atom. The number of phenolic OH excluding ortho intramolecular Hbond substituents is 3. The second-order valence-electron chi connectivity index (χ2n) is 10.0. The van der Waals surface area contributed by atoms with Gasteiger partial charge in [0, 0.05) is 17.7 Å². The molecule has 3 heterocycles. The monoisotopic (exact) mass is 610 g/mol. The number of aromatic hydroxyl groups is 3. The van der Waals surface area contributed by atoms with E-state index in [4.69, 9.17) is 28.1 Å². The van der Waals surface area contributed by atoms with Crippen LogP contribution in [0.25, 0.3) is 22.3 Å². The van der Waals surface area contributed by atoms with E-state index >= 15 is 0 Å². The molecular formula is C27H30O16. The molecule has 0 radical (unpaired) electrons. The molecule has 9 N–H and O–H groups in total. The number of phenols is 3. The normalized spacial score (nSPS) is 31.2. The second-order valence-corrected chi connectivity index (χ2v) is 10.0. The highest BCUT2D eigenvalue weighted by molar-refractivity contribution is 5.88. The third kappa shape index (κ3) is 5.79. The van der Waals surface area contributed by atoms with Gasteiger partial charge in [0.1, 0.15) is 65.2 Å². The first-order valence-corrected chi connectivity index (χ1v) is 12.9. The Morgan fingerprint density at radius 2 is 1.58 bits per heavy atom. The zero-order valence-corrected chi connectivity index (χ0v) is 22.4. The van der Waals surface area contributed by atoms with E-state index in [2.05, 4.69) is 0 Å². The summed E-state index contributed by atoms with van der Waals surface area (Å²) in [5.41, 5.74) is -1.11. The summed E-state index contributed by atoms with van der Waals surface area (Å²) in [6.45, 7) is -0.943. The minimum absolute atomic E-state index is 0.0144. The van der Waals surface area contributed by atoms with Gasteiger partial charge in [-0.25, -0.2) is 0 Å². The van der Waals surface area contributed by atoms with Crippen LogP contribution in [0, 0.1) is 0 Å². The highest BCUT2D eigenvalue weighted by Gasteiger charge is 2.47. The van der Waals surface area contributed by atoms with Gasteiger partial charge in [-0.1, -0.05) is 0 Å². The van der Waals surface area contributed by atoms with Crippen molar-refractivity contribution in [2.24, 2.45) is 0 Å². The lowest BCUT2D eigenvalue weighted by atomic mass is 9.99. The molecule has 3 aromatic rings. The summed E-state index contributed by atoms with van der Waals surface area (Å²) in [5, 5.41) is 91.3. The molecule has 2 aliphatic heterocycles. The Balaban J connectivity index is 1.49. The molecular weight excluding hydrogens is 580 g/mol. The largest absolute Gasteiger partial charge is 0.508 e. The molecule has 0 bridgehead atoms. The number of aliphatic hydroxyl groups is 6. The van der Waals surface area contributed by atoms with Crippen molar-refractivity contribution in [3.63, 3.8) is 0 Å². The molecule has 43 heavy (non-hydrogen) atoms. The second kappa shape index (κ2) is 12.1. The van der Waals surface area contributed by atoms with E-state index in [-0.39, 0.29) is 35.0 Å². The smallest absolute Gasteiger partial charge is 0.239 e. The van der Waals surface area contributed by atoms with Gasteiger partial charge in [-0.05, 0) is 18.2 Å². The maximum atomic E-state index is 13.6. The molecule has 0 saturated carbocycles. The summed E-state index contributed by atoms with van der Waals surface area (Å²) in [5.74, 6) is -2.27. The molecule has 0 spiro atoms. The van der Waals surface area contributed by atoms with Crippen LogP contribution in [0.2, 0.25) is 0 Å². The third-order valence-electron chi connectivity index (χ3n) is 7.14. The molecule has 16 nitrogen and oxygen atoms in total.